The predicted molar refractivity (Wildman–Crippen MR) is 134 cm³/mol. The number of sulfonamides is 1. The molecule has 0 fully saturated rings. The number of aromatic nitrogens is 2. The van der Waals surface area contributed by atoms with Crippen LogP contribution in [0.15, 0.2) is 71.6 Å². The third-order valence-electron chi connectivity index (χ3n) is 5.75. The Bertz CT molecular complexity index is 1470. The highest BCUT2D eigenvalue weighted by molar-refractivity contribution is 7.92. The Labute approximate surface area is 199 Å². The molecule has 1 heterocycles. The molecular formula is C26H28N4O3S. The maximum absolute atomic E-state index is 13.0. The minimum Gasteiger partial charge on any atom is -0.342 e. The average molecular weight is 477 g/mol. The molecule has 1 amide bonds. The number of rotatable bonds is 7. The number of carbonyl (C=O) groups is 1. The van der Waals surface area contributed by atoms with Crippen LogP contribution in [0.2, 0.25) is 0 Å². The normalized spacial score (nSPS) is 12.5. The number of hydrogen-bond donors (Lipinski definition) is 2. The topological polar surface area (TPSA) is 93.1 Å². The zero-order valence-corrected chi connectivity index (χ0v) is 20.5. The van der Waals surface area contributed by atoms with Crippen LogP contribution in [0.3, 0.4) is 0 Å². The number of imidazole rings is 1. The molecule has 0 saturated carbocycles. The van der Waals surface area contributed by atoms with Crippen LogP contribution in [0.25, 0.3) is 11.0 Å². The summed E-state index contributed by atoms with van der Waals surface area (Å²) < 4.78 is 30.6. The first kappa shape index (κ1) is 23.5. The molecule has 4 rings (SSSR count). The van der Waals surface area contributed by atoms with Gasteiger partial charge in [0.1, 0.15) is 5.82 Å². The van der Waals surface area contributed by atoms with Crippen molar-refractivity contribution in [2.24, 2.45) is 0 Å². The molecule has 0 aliphatic rings. The van der Waals surface area contributed by atoms with Crippen LogP contribution in [0.1, 0.15) is 47.2 Å². The van der Waals surface area contributed by atoms with E-state index in [2.05, 4.69) is 14.6 Å². The van der Waals surface area contributed by atoms with E-state index < -0.39 is 10.0 Å². The van der Waals surface area contributed by atoms with Gasteiger partial charge in [-0.2, -0.15) is 0 Å². The van der Waals surface area contributed by atoms with Gasteiger partial charge in [-0.1, -0.05) is 30.3 Å². The Morgan fingerprint density at radius 3 is 2.56 bits per heavy atom. The van der Waals surface area contributed by atoms with E-state index in [1.54, 1.807) is 37.3 Å². The zero-order chi connectivity index (χ0) is 24.5. The molecule has 0 radical (unpaired) electrons. The van der Waals surface area contributed by atoms with Crippen molar-refractivity contribution in [3.63, 3.8) is 0 Å². The van der Waals surface area contributed by atoms with E-state index in [1.165, 1.54) is 6.07 Å². The number of anilines is 1. The largest absolute Gasteiger partial charge is 0.342 e. The molecule has 8 heteroatoms. The number of para-hydroxylation sites is 2. The van der Waals surface area contributed by atoms with Crippen LogP contribution in [-0.2, 0) is 16.6 Å². The summed E-state index contributed by atoms with van der Waals surface area (Å²) in [5, 5.41) is 2.99. The molecule has 2 N–H and O–H groups in total. The van der Waals surface area contributed by atoms with E-state index >= 15 is 0 Å². The average Bonchev–Trinajstić information content (AvgIpc) is 3.19. The van der Waals surface area contributed by atoms with Crippen LogP contribution in [0.4, 0.5) is 5.69 Å². The molecule has 4 aromatic rings. The van der Waals surface area contributed by atoms with Crippen molar-refractivity contribution in [1.82, 2.24) is 14.9 Å². The second-order valence-electron chi connectivity index (χ2n) is 8.35. The fourth-order valence-electron chi connectivity index (χ4n) is 4.03. The number of nitrogens with one attached hydrogen (secondary N) is 2. The fourth-order valence-corrected chi connectivity index (χ4v) is 5.41. The summed E-state index contributed by atoms with van der Waals surface area (Å²) in [7, 11) is -3.79. The Morgan fingerprint density at radius 1 is 1.03 bits per heavy atom. The maximum Gasteiger partial charge on any atom is 0.262 e. The van der Waals surface area contributed by atoms with Crippen LogP contribution < -0.4 is 10.0 Å². The molecule has 34 heavy (non-hydrogen) atoms. The minimum absolute atomic E-state index is 0.217. The maximum atomic E-state index is 13.0. The smallest absolute Gasteiger partial charge is 0.262 e. The summed E-state index contributed by atoms with van der Waals surface area (Å²) in [4.78, 5) is 17.9. The van der Waals surface area contributed by atoms with E-state index in [0.29, 0.717) is 16.8 Å². The van der Waals surface area contributed by atoms with Gasteiger partial charge < -0.3 is 9.88 Å². The lowest BCUT2D eigenvalue weighted by atomic mass is 10.1. The quantitative estimate of drug-likeness (QED) is 0.394. The summed E-state index contributed by atoms with van der Waals surface area (Å²) in [6.45, 7) is 8.25. The molecule has 0 aliphatic carbocycles. The number of nitrogens with zero attached hydrogens (tertiary/aromatic N) is 2. The van der Waals surface area contributed by atoms with Crippen molar-refractivity contribution < 1.29 is 13.2 Å². The van der Waals surface area contributed by atoms with Crippen LogP contribution in [0.5, 0.6) is 0 Å². The van der Waals surface area contributed by atoms with Crippen molar-refractivity contribution in [3.05, 3.63) is 89.2 Å². The van der Waals surface area contributed by atoms with E-state index in [0.717, 1.165) is 29.0 Å². The standard InChI is InChI=1S/C26H28N4O3S/c1-5-30-23-12-7-6-11-22(23)28-25(30)19(4)27-26(31)20-9-8-10-21(16-20)29-34(32,33)24-15-17(2)13-14-18(24)3/h6-16,19,29H,5H2,1-4H3,(H,27,31). The van der Waals surface area contributed by atoms with Gasteiger partial charge in [-0.15, -0.1) is 0 Å². The first-order valence-corrected chi connectivity index (χ1v) is 12.6. The number of carbonyl (C=O) groups excluding carboxylic acids is 1. The SMILES string of the molecule is CCn1c(C(C)NC(=O)c2cccc(NS(=O)(=O)c3cc(C)ccc3C)c2)nc2ccccc21. The fraction of sp³-hybridized carbons (Fsp3) is 0.231. The lowest BCUT2D eigenvalue weighted by Crippen LogP contribution is -2.28. The minimum atomic E-state index is -3.79. The van der Waals surface area contributed by atoms with Gasteiger partial charge in [-0.05, 0) is 75.2 Å². The summed E-state index contributed by atoms with van der Waals surface area (Å²) in [5.41, 5.74) is 4.08. The van der Waals surface area contributed by atoms with Crippen LogP contribution in [0, 0.1) is 13.8 Å². The third-order valence-corrected chi connectivity index (χ3v) is 7.27. The monoisotopic (exact) mass is 476 g/mol. The molecule has 0 bridgehead atoms. The molecule has 1 atom stereocenters. The molecule has 0 spiro atoms. The van der Waals surface area contributed by atoms with Crippen molar-refractivity contribution in [3.8, 4) is 0 Å². The second kappa shape index (κ2) is 9.30. The van der Waals surface area contributed by atoms with Gasteiger partial charge in [0.25, 0.3) is 15.9 Å². The highest BCUT2D eigenvalue weighted by atomic mass is 32.2. The Kier molecular flexibility index (Phi) is 6.43. The summed E-state index contributed by atoms with van der Waals surface area (Å²) >= 11 is 0. The van der Waals surface area contributed by atoms with Gasteiger partial charge in [-0.3, -0.25) is 9.52 Å². The number of benzene rings is 3. The summed E-state index contributed by atoms with van der Waals surface area (Å²) in [6.07, 6.45) is 0. The van der Waals surface area contributed by atoms with Crippen molar-refractivity contribution in [2.45, 2.75) is 45.2 Å². The van der Waals surface area contributed by atoms with Crippen molar-refractivity contribution in [1.29, 1.82) is 0 Å². The highest BCUT2D eigenvalue weighted by Crippen LogP contribution is 2.23. The molecule has 0 aliphatic heterocycles. The van der Waals surface area contributed by atoms with E-state index in [-0.39, 0.29) is 16.8 Å². The van der Waals surface area contributed by atoms with Crippen molar-refractivity contribution in [2.75, 3.05) is 4.72 Å². The van der Waals surface area contributed by atoms with Gasteiger partial charge >= 0.3 is 0 Å². The molecular weight excluding hydrogens is 448 g/mol. The molecule has 3 aromatic carbocycles. The molecule has 1 aromatic heterocycles. The third kappa shape index (κ3) is 4.68. The summed E-state index contributed by atoms with van der Waals surface area (Å²) in [6, 6.07) is 19.3. The second-order valence-corrected chi connectivity index (χ2v) is 10.0. The Balaban J connectivity index is 1.55. The predicted octanol–water partition coefficient (Wildman–Crippen LogP) is 4.96. The van der Waals surface area contributed by atoms with E-state index in [4.69, 9.17) is 4.98 Å². The highest BCUT2D eigenvalue weighted by Gasteiger charge is 2.20. The molecule has 176 valence electrons. The van der Waals surface area contributed by atoms with Gasteiger partial charge in [0.15, 0.2) is 0 Å². The van der Waals surface area contributed by atoms with E-state index in [9.17, 15) is 13.2 Å². The first-order chi connectivity index (χ1) is 16.2. The van der Waals surface area contributed by atoms with Gasteiger partial charge in [0.2, 0.25) is 0 Å². The van der Waals surface area contributed by atoms with E-state index in [1.807, 2.05) is 51.1 Å². The van der Waals surface area contributed by atoms with Gasteiger partial charge in [0.05, 0.1) is 22.0 Å². The molecule has 7 nitrogen and oxygen atoms in total. The Hall–Kier alpha value is -3.65. The number of aryl methyl sites for hydroxylation is 3. The molecule has 1 unspecified atom stereocenters. The van der Waals surface area contributed by atoms with Gasteiger partial charge in [0, 0.05) is 17.8 Å². The van der Waals surface area contributed by atoms with Crippen LogP contribution in [-0.4, -0.2) is 23.9 Å². The number of amides is 1. The number of fused-ring (bicyclic) bond motifs is 1. The number of hydrogen-bond acceptors (Lipinski definition) is 4. The van der Waals surface area contributed by atoms with Crippen LogP contribution >= 0.6 is 0 Å². The lowest BCUT2D eigenvalue weighted by Gasteiger charge is -2.16. The van der Waals surface area contributed by atoms with Crippen molar-refractivity contribution >= 4 is 32.7 Å². The zero-order valence-electron chi connectivity index (χ0n) is 19.7. The Morgan fingerprint density at radius 2 is 1.79 bits per heavy atom. The lowest BCUT2D eigenvalue weighted by molar-refractivity contribution is 0.0937. The van der Waals surface area contributed by atoms with Gasteiger partial charge in [-0.25, -0.2) is 13.4 Å². The first-order valence-electron chi connectivity index (χ1n) is 11.2. The summed E-state index contributed by atoms with van der Waals surface area (Å²) in [5.74, 6) is 0.457. The molecule has 0 saturated heterocycles.